The maximum atomic E-state index is 13.1. The van der Waals surface area contributed by atoms with Crippen LogP contribution >= 0.6 is 11.6 Å². The Morgan fingerprint density at radius 2 is 2.06 bits per heavy atom. The summed E-state index contributed by atoms with van der Waals surface area (Å²) in [5.41, 5.74) is 5.57. The zero-order valence-electron chi connectivity index (χ0n) is 7.60. The number of primary amides is 1. The SMILES string of the molecule is NC(=O)NN=Cc1c(F)cc(Cl)c(F)c1F. The van der Waals surface area contributed by atoms with Crippen LogP contribution in [0.3, 0.4) is 0 Å². The molecule has 0 radical (unpaired) electrons. The van der Waals surface area contributed by atoms with Crippen molar-refractivity contribution in [3.05, 3.63) is 34.1 Å². The van der Waals surface area contributed by atoms with Crippen LogP contribution < -0.4 is 11.2 Å². The first-order valence-corrected chi connectivity index (χ1v) is 4.22. The molecule has 1 aromatic carbocycles. The lowest BCUT2D eigenvalue weighted by Crippen LogP contribution is -2.24. The Kier molecular flexibility index (Phi) is 3.73. The second-order valence-corrected chi connectivity index (χ2v) is 3.02. The van der Waals surface area contributed by atoms with Gasteiger partial charge >= 0.3 is 6.03 Å². The standard InChI is InChI=1S/C8H5ClF3N3O/c9-4-1-5(10)3(6(11)7(4)12)2-14-15-8(13)16/h1-2H,(H3,13,15,16). The molecule has 0 aliphatic heterocycles. The van der Waals surface area contributed by atoms with Crippen molar-refractivity contribution in [2.45, 2.75) is 0 Å². The van der Waals surface area contributed by atoms with E-state index in [1.54, 1.807) is 5.43 Å². The van der Waals surface area contributed by atoms with Crippen molar-refractivity contribution < 1.29 is 18.0 Å². The Morgan fingerprint density at radius 1 is 1.44 bits per heavy atom. The van der Waals surface area contributed by atoms with E-state index in [0.717, 1.165) is 0 Å². The molecule has 2 amide bonds. The molecule has 0 fully saturated rings. The number of urea groups is 1. The summed E-state index contributed by atoms with van der Waals surface area (Å²) in [7, 11) is 0. The molecule has 0 saturated heterocycles. The van der Waals surface area contributed by atoms with E-state index in [-0.39, 0.29) is 0 Å². The summed E-state index contributed by atoms with van der Waals surface area (Å²) in [4.78, 5) is 10.2. The first kappa shape index (κ1) is 12.3. The fourth-order valence-corrected chi connectivity index (χ4v) is 1.04. The molecule has 0 aliphatic rings. The second-order valence-electron chi connectivity index (χ2n) is 2.62. The minimum Gasteiger partial charge on any atom is -0.350 e. The Bertz CT molecular complexity index is 464. The number of halogens is 4. The molecular weight excluding hydrogens is 247 g/mol. The third-order valence-electron chi connectivity index (χ3n) is 1.52. The first-order chi connectivity index (χ1) is 7.43. The summed E-state index contributed by atoms with van der Waals surface area (Å²) in [6.07, 6.45) is 0.578. The number of nitrogens with zero attached hydrogens (tertiary/aromatic N) is 1. The molecule has 8 heteroatoms. The average molecular weight is 252 g/mol. The van der Waals surface area contributed by atoms with Crippen LogP contribution in [0.5, 0.6) is 0 Å². The molecule has 1 aromatic rings. The summed E-state index contributed by atoms with van der Waals surface area (Å²) in [5.74, 6) is -4.01. The Hall–Kier alpha value is -1.76. The summed E-state index contributed by atoms with van der Waals surface area (Å²) >= 11 is 5.19. The maximum absolute atomic E-state index is 13.1. The monoisotopic (exact) mass is 251 g/mol. The highest BCUT2D eigenvalue weighted by molar-refractivity contribution is 6.30. The Balaban J connectivity index is 3.09. The minimum absolute atomic E-state index is 0.578. The second kappa shape index (κ2) is 4.84. The van der Waals surface area contributed by atoms with Gasteiger partial charge in [-0.1, -0.05) is 11.6 Å². The molecule has 0 saturated carbocycles. The minimum atomic E-state index is -1.50. The molecule has 1 rings (SSSR count). The van der Waals surface area contributed by atoms with Crippen LogP contribution in [0, 0.1) is 17.5 Å². The molecule has 0 spiro atoms. The molecule has 3 N–H and O–H groups in total. The van der Waals surface area contributed by atoms with Crippen molar-refractivity contribution in [3.8, 4) is 0 Å². The molecule has 0 aromatic heterocycles. The van der Waals surface area contributed by atoms with E-state index in [4.69, 9.17) is 11.6 Å². The van der Waals surface area contributed by atoms with Crippen LogP contribution in [0.25, 0.3) is 0 Å². The summed E-state index contributed by atoms with van der Waals surface area (Å²) in [6, 6.07) is -0.433. The van der Waals surface area contributed by atoms with Crippen LogP contribution in [-0.4, -0.2) is 12.2 Å². The maximum Gasteiger partial charge on any atom is 0.332 e. The highest BCUT2D eigenvalue weighted by atomic mass is 35.5. The van der Waals surface area contributed by atoms with Gasteiger partial charge in [0.25, 0.3) is 0 Å². The molecule has 0 aliphatic carbocycles. The summed E-state index contributed by atoms with van der Waals surface area (Å²) in [5, 5.41) is 2.41. The van der Waals surface area contributed by atoms with Crippen molar-refractivity contribution in [1.82, 2.24) is 5.43 Å². The molecule has 0 heterocycles. The summed E-state index contributed by atoms with van der Waals surface area (Å²) in [6.45, 7) is 0. The number of hydrogen-bond donors (Lipinski definition) is 2. The molecule has 0 unspecified atom stereocenters. The van der Waals surface area contributed by atoms with Crippen LogP contribution in [0.1, 0.15) is 5.56 Å². The number of rotatable bonds is 2. The quantitative estimate of drug-likeness (QED) is 0.358. The van der Waals surface area contributed by atoms with Gasteiger partial charge in [-0.25, -0.2) is 23.4 Å². The highest BCUT2D eigenvalue weighted by Gasteiger charge is 2.16. The zero-order chi connectivity index (χ0) is 12.3. The van der Waals surface area contributed by atoms with Gasteiger partial charge in [-0.05, 0) is 6.07 Å². The number of benzene rings is 1. The molecule has 0 atom stereocenters. The predicted octanol–water partition coefficient (Wildman–Crippen LogP) is 1.76. The number of nitrogens with one attached hydrogen (secondary N) is 1. The number of nitrogens with two attached hydrogens (primary N) is 1. The van der Waals surface area contributed by atoms with Gasteiger partial charge in [0.2, 0.25) is 0 Å². The molecular formula is C8H5ClF3N3O. The van der Waals surface area contributed by atoms with Gasteiger partial charge in [-0.2, -0.15) is 5.10 Å². The van der Waals surface area contributed by atoms with E-state index in [9.17, 15) is 18.0 Å². The predicted molar refractivity (Wildman–Crippen MR) is 51.6 cm³/mol. The third kappa shape index (κ3) is 2.63. The van der Waals surface area contributed by atoms with Gasteiger partial charge in [0, 0.05) is 0 Å². The largest absolute Gasteiger partial charge is 0.350 e. The molecule has 16 heavy (non-hydrogen) atoms. The van der Waals surface area contributed by atoms with Gasteiger partial charge in [0.05, 0.1) is 16.8 Å². The van der Waals surface area contributed by atoms with E-state index in [0.29, 0.717) is 12.3 Å². The van der Waals surface area contributed by atoms with Gasteiger partial charge in [-0.3, -0.25) is 0 Å². The van der Waals surface area contributed by atoms with Crippen molar-refractivity contribution in [2.24, 2.45) is 10.8 Å². The van der Waals surface area contributed by atoms with Gasteiger partial charge < -0.3 is 5.73 Å². The number of carbonyl (C=O) groups is 1. The van der Waals surface area contributed by atoms with Gasteiger partial charge in [0.15, 0.2) is 11.6 Å². The van der Waals surface area contributed by atoms with E-state index in [2.05, 4.69) is 10.8 Å². The van der Waals surface area contributed by atoms with E-state index >= 15 is 0 Å². The van der Waals surface area contributed by atoms with Gasteiger partial charge in [0.1, 0.15) is 5.82 Å². The third-order valence-corrected chi connectivity index (χ3v) is 1.79. The fourth-order valence-electron chi connectivity index (χ4n) is 0.859. The average Bonchev–Trinajstić information content (AvgIpc) is 2.19. The fraction of sp³-hybridized carbons (Fsp3) is 0. The van der Waals surface area contributed by atoms with Crippen LogP contribution in [0.2, 0.25) is 5.02 Å². The van der Waals surface area contributed by atoms with E-state index in [1.165, 1.54) is 0 Å². The Morgan fingerprint density at radius 3 is 2.62 bits per heavy atom. The lowest BCUT2D eigenvalue weighted by atomic mass is 10.2. The first-order valence-electron chi connectivity index (χ1n) is 3.85. The van der Waals surface area contributed by atoms with Crippen molar-refractivity contribution >= 4 is 23.8 Å². The van der Waals surface area contributed by atoms with Crippen LogP contribution in [0.15, 0.2) is 11.2 Å². The summed E-state index contributed by atoms with van der Waals surface area (Å²) < 4.78 is 39.1. The number of carbonyl (C=O) groups excluding carboxylic acids is 1. The topological polar surface area (TPSA) is 67.5 Å². The molecule has 86 valence electrons. The zero-order valence-corrected chi connectivity index (χ0v) is 8.36. The normalized spacial score (nSPS) is 10.8. The lowest BCUT2D eigenvalue weighted by molar-refractivity contribution is 0.249. The van der Waals surface area contributed by atoms with Crippen LogP contribution in [0.4, 0.5) is 18.0 Å². The Labute approximate surface area is 92.9 Å². The molecule has 0 bridgehead atoms. The lowest BCUT2D eigenvalue weighted by Gasteiger charge is -2.02. The number of hydrogen-bond acceptors (Lipinski definition) is 2. The smallest absolute Gasteiger partial charge is 0.332 e. The van der Waals surface area contributed by atoms with Crippen molar-refractivity contribution in [3.63, 3.8) is 0 Å². The van der Waals surface area contributed by atoms with E-state index in [1.807, 2.05) is 0 Å². The van der Waals surface area contributed by atoms with Crippen molar-refractivity contribution in [2.75, 3.05) is 0 Å². The molecule has 4 nitrogen and oxygen atoms in total. The number of amides is 2. The van der Waals surface area contributed by atoms with Gasteiger partial charge in [-0.15, -0.1) is 0 Å². The van der Waals surface area contributed by atoms with Crippen molar-refractivity contribution in [1.29, 1.82) is 0 Å². The number of hydrazone groups is 1. The van der Waals surface area contributed by atoms with E-state index < -0.39 is 34.1 Å². The highest BCUT2D eigenvalue weighted by Crippen LogP contribution is 2.22. The van der Waals surface area contributed by atoms with Crippen LogP contribution in [-0.2, 0) is 0 Å².